The third-order valence-electron chi connectivity index (χ3n) is 4.88. The molecule has 0 radical (unpaired) electrons. The van der Waals surface area contributed by atoms with E-state index in [1.165, 1.54) is 12.1 Å². The summed E-state index contributed by atoms with van der Waals surface area (Å²) in [6, 6.07) is 12.7. The van der Waals surface area contributed by atoms with Gasteiger partial charge in [-0.05, 0) is 54.6 Å². The maximum atomic E-state index is 12.7. The average molecular weight is 445 g/mol. The van der Waals surface area contributed by atoms with Gasteiger partial charge in [-0.25, -0.2) is 0 Å². The van der Waals surface area contributed by atoms with E-state index in [0.29, 0.717) is 30.1 Å². The van der Waals surface area contributed by atoms with E-state index in [4.69, 9.17) is 9.66 Å². The molecule has 31 heavy (non-hydrogen) atoms. The average Bonchev–Trinajstić information content (AvgIpc) is 3.39. The molecule has 0 fully saturated rings. The number of aryl methyl sites for hydroxylation is 2. The molecular weight excluding hydrogens is 427 g/mol. The number of halogens is 3. The SMILES string of the molecule is Cn1ncc(-c2nc(-c3cccc(SN)c3)no2)c1CCc1ccc(C(F)(F)F)cc1. The number of aromatic nitrogens is 4. The van der Waals surface area contributed by atoms with E-state index in [1.807, 2.05) is 24.3 Å². The standard InChI is InChI=1S/C21H18F3N5OS/c1-29-18(10-7-13-5-8-15(9-6-13)21(22,23)24)17(12-26-29)20-27-19(28-30-20)14-3-2-4-16(11-14)31-25/h2-6,8-9,11-12H,7,10,25H2,1H3. The molecule has 4 rings (SSSR count). The fraction of sp³-hybridized carbons (Fsp3) is 0.190. The number of hydrogen-bond donors (Lipinski definition) is 1. The zero-order chi connectivity index (χ0) is 22.0. The van der Waals surface area contributed by atoms with Crippen molar-refractivity contribution >= 4 is 11.9 Å². The summed E-state index contributed by atoms with van der Waals surface area (Å²) in [6.45, 7) is 0. The van der Waals surface area contributed by atoms with Crippen LogP contribution in [-0.2, 0) is 26.1 Å². The zero-order valence-electron chi connectivity index (χ0n) is 16.4. The van der Waals surface area contributed by atoms with Crippen molar-refractivity contribution < 1.29 is 17.7 Å². The van der Waals surface area contributed by atoms with Crippen LogP contribution in [0, 0.1) is 0 Å². The maximum absolute atomic E-state index is 12.7. The molecule has 2 N–H and O–H groups in total. The molecule has 4 aromatic rings. The monoisotopic (exact) mass is 445 g/mol. The van der Waals surface area contributed by atoms with Crippen molar-refractivity contribution in [2.45, 2.75) is 23.9 Å². The Labute approximate surface area is 180 Å². The molecule has 0 aliphatic rings. The van der Waals surface area contributed by atoms with Crippen LogP contribution in [0.15, 0.2) is 64.1 Å². The Morgan fingerprint density at radius 2 is 1.87 bits per heavy atom. The van der Waals surface area contributed by atoms with Gasteiger partial charge in [0.2, 0.25) is 5.82 Å². The van der Waals surface area contributed by atoms with E-state index in [-0.39, 0.29) is 0 Å². The first-order valence-corrected chi connectivity index (χ1v) is 10.2. The Balaban J connectivity index is 1.54. The van der Waals surface area contributed by atoms with Crippen LogP contribution in [-0.4, -0.2) is 19.9 Å². The molecule has 2 aromatic heterocycles. The lowest BCUT2D eigenvalue weighted by molar-refractivity contribution is -0.137. The molecule has 2 heterocycles. The summed E-state index contributed by atoms with van der Waals surface area (Å²) in [4.78, 5) is 5.36. The summed E-state index contributed by atoms with van der Waals surface area (Å²) in [5.74, 6) is 0.764. The van der Waals surface area contributed by atoms with Crippen molar-refractivity contribution in [2.75, 3.05) is 0 Å². The van der Waals surface area contributed by atoms with Crippen molar-refractivity contribution in [3.63, 3.8) is 0 Å². The molecule has 160 valence electrons. The van der Waals surface area contributed by atoms with Gasteiger partial charge in [-0.1, -0.05) is 29.4 Å². The van der Waals surface area contributed by atoms with Crippen molar-refractivity contribution in [1.29, 1.82) is 0 Å². The van der Waals surface area contributed by atoms with E-state index < -0.39 is 11.7 Å². The summed E-state index contributed by atoms with van der Waals surface area (Å²) >= 11 is 1.13. The fourth-order valence-corrected chi connectivity index (χ4v) is 3.57. The molecular formula is C21H18F3N5OS. The van der Waals surface area contributed by atoms with E-state index in [0.717, 1.165) is 45.8 Å². The van der Waals surface area contributed by atoms with Crippen LogP contribution in [0.2, 0.25) is 0 Å². The molecule has 0 spiro atoms. The van der Waals surface area contributed by atoms with E-state index in [1.54, 1.807) is 17.9 Å². The Morgan fingerprint density at radius 1 is 1.10 bits per heavy atom. The summed E-state index contributed by atoms with van der Waals surface area (Å²) in [5.41, 5.74) is 2.45. The summed E-state index contributed by atoms with van der Waals surface area (Å²) in [5, 5.41) is 14.0. The summed E-state index contributed by atoms with van der Waals surface area (Å²) in [6.07, 6.45) is -1.60. The Hall–Kier alpha value is -3.11. The number of hydrogen-bond acceptors (Lipinski definition) is 6. The third kappa shape index (κ3) is 4.64. The topological polar surface area (TPSA) is 82.8 Å². The molecule has 0 aliphatic heterocycles. The smallest absolute Gasteiger partial charge is 0.333 e. The lowest BCUT2D eigenvalue weighted by Gasteiger charge is -2.08. The molecule has 0 saturated carbocycles. The van der Waals surface area contributed by atoms with Gasteiger partial charge in [-0.3, -0.25) is 9.82 Å². The fourth-order valence-electron chi connectivity index (χ4n) is 3.22. The maximum Gasteiger partial charge on any atom is 0.416 e. The molecule has 0 atom stereocenters. The lowest BCUT2D eigenvalue weighted by atomic mass is 10.0. The number of nitrogens with zero attached hydrogens (tertiary/aromatic N) is 4. The van der Waals surface area contributed by atoms with Gasteiger partial charge in [0.1, 0.15) is 0 Å². The second kappa shape index (κ2) is 8.56. The van der Waals surface area contributed by atoms with Gasteiger partial charge >= 0.3 is 6.18 Å². The van der Waals surface area contributed by atoms with Gasteiger partial charge in [-0.15, -0.1) is 0 Å². The second-order valence-electron chi connectivity index (χ2n) is 6.89. The number of benzene rings is 2. The molecule has 0 amide bonds. The molecule has 0 unspecified atom stereocenters. The van der Waals surface area contributed by atoms with Crippen molar-refractivity contribution in [1.82, 2.24) is 19.9 Å². The first-order chi connectivity index (χ1) is 14.8. The van der Waals surface area contributed by atoms with Gasteiger partial charge in [0.15, 0.2) is 0 Å². The largest absolute Gasteiger partial charge is 0.416 e. The third-order valence-corrected chi connectivity index (χ3v) is 5.40. The molecule has 0 saturated heterocycles. The van der Waals surface area contributed by atoms with Crippen LogP contribution in [0.1, 0.15) is 16.8 Å². The minimum atomic E-state index is -4.34. The normalized spacial score (nSPS) is 11.8. The van der Waals surface area contributed by atoms with Gasteiger partial charge in [-0.2, -0.15) is 23.3 Å². The van der Waals surface area contributed by atoms with E-state index in [2.05, 4.69) is 15.2 Å². The van der Waals surface area contributed by atoms with Gasteiger partial charge in [0, 0.05) is 17.5 Å². The number of rotatable bonds is 6. The van der Waals surface area contributed by atoms with E-state index in [9.17, 15) is 13.2 Å². The Kier molecular flexibility index (Phi) is 5.84. The first kappa shape index (κ1) is 21.1. The predicted molar refractivity (Wildman–Crippen MR) is 111 cm³/mol. The highest BCUT2D eigenvalue weighted by molar-refractivity contribution is 7.97. The number of nitrogens with two attached hydrogens (primary N) is 1. The lowest BCUT2D eigenvalue weighted by Crippen LogP contribution is -2.05. The first-order valence-electron chi connectivity index (χ1n) is 9.33. The zero-order valence-corrected chi connectivity index (χ0v) is 17.2. The molecule has 0 bridgehead atoms. The summed E-state index contributed by atoms with van der Waals surface area (Å²) < 4.78 is 45.4. The van der Waals surface area contributed by atoms with Crippen LogP contribution in [0.25, 0.3) is 22.8 Å². The highest BCUT2D eigenvalue weighted by Crippen LogP contribution is 2.30. The van der Waals surface area contributed by atoms with Crippen LogP contribution in [0.4, 0.5) is 13.2 Å². The van der Waals surface area contributed by atoms with Crippen LogP contribution in [0.3, 0.4) is 0 Å². The molecule has 6 nitrogen and oxygen atoms in total. The van der Waals surface area contributed by atoms with Gasteiger partial charge < -0.3 is 4.52 Å². The van der Waals surface area contributed by atoms with Crippen LogP contribution in [0.5, 0.6) is 0 Å². The Morgan fingerprint density at radius 3 is 2.58 bits per heavy atom. The van der Waals surface area contributed by atoms with Crippen LogP contribution < -0.4 is 5.14 Å². The highest BCUT2D eigenvalue weighted by atomic mass is 32.2. The van der Waals surface area contributed by atoms with Gasteiger partial charge in [0.05, 0.1) is 23.0 Å². The minimum Gasteiger partial charge on any atom is -0.333 e. The van der Waals surface area contributed by atoms with Gasteiger partial charge in [0.25, 0.3) is 5.89 Å². The second-order valence-corrected chi connectivity index (χ2v) is 7.60. The van der Waals surface area contributed by atoms with Crippen molar-refractivity contribution in [3.8, 4) is 22.8 Å². The van der Waals surface area contributed by atoms with Crippen molar-refractivity contribution in [2.24, 2.45) is 12.2 Å². The predicted octanol–water partition coefficient (Wildman–Crippen LogP) is 4.91. The minimum absolute atomic E-state index is 0.330. The number of alkyl halides is 3. The highest BCUT2D eigenvalue weighted by Gasteiger charge is 2.30. The quantitative estimate of drug-likeness (QED) is 0.425. The Bertz CT molecular complexity index is 1180. The van der Waals surface area contributed by atoms with Crippen LogP contribution >= 0.6 is 11.9 Å². The molecule has 2 aromatic carbocycles. The summed E-state index contributed by atoms with van der Waals surface area (Å²) in [7, 11) is 1.80. The molecule has 0 aliphatic carbocycles. The van der Waals surface area contributed by atoms with E-state index >= 15 is 0 Å². The molecule has 10 heteroatoms. The van der Waals surface area contributed by atoms with Crippen molar-refractivity contribution in [3.05, 3.63) is 71.5 Å².